The van der Waals surface area contributed by atoms with Gasteiger partial charge in [0.1, 0.15) is 5.56 Å². The summed E-state index contributed by atoms with van der Waals surface area (Å²) < 4.78 is 35.6. The van der Waals surface area contributed by atoms with Gasteiger partial charge in [0, 0.05) is 25.7 Å². The van der Waals surface area contributed by atoms with Gasteiger partial charge in [0.15, 0.2) is 12.4 Å². The van der Waals surface area contributed by atoms with Crippen molar-refractivity contribution in [1.29, 1.82) is 0 Å². The first-order chi connectivity index (χ1) is 13.0. The Kier molecular flexibility index (Phi) is 6.57. The van der Waals surface area contributed by atoms with Crippen molar-refractivity contribution in [3.63, 3.8) is 0 Å². The molecule has 0 aliphatic carbocycles. The molecule has 152 valence electrons. The summed E-state index contributed by atoms with van der Waals surface area (Å²) in [7, 11) is -0.799. The number of sulfonamides is 1. The lowest BCUT2D eigenvalue weighted by Crippen LogP contribution is -2.23. The second-order valence-electron chi connectivity index (χ2n) is 6.60. The summed E-state index contributed by atoms with van der Waals surface area (Å²) in [5, 5.41) is 6.27. The van der Waals surface area contributed by atoms with Crippen LogP contribution in [0.5, 0.6) is 0 Å². The van der Waals surface area contributed by atoms with Crippen LogP contribution in [0.3, 0.4) is 0 Å². The fourth-order valence-electron chi connectivity index (χ4n) is 2.38. The molecule has 0 radical (unpaired) electrons. The smallest absolute Gasteiger partial charge is 0.344 e. The lowest BCUT2D eigenvalue weighted by molar-refractivity contribution is -0.119. The molecule has 1 N–H and O–H groups in total. The summed E-state index contributed by atoms with van der Waals surface area (Å²) >= 11 is 0. The van der Waals surface area contributed by atoms with E-state index in [1.54, 1.807) is 6.92 Å². The molecule has 0 saturated heterocycles. The molecule has 0 bridgehead atoms. The van der Waals surface area contributed by atoms with E-state index in [1.165, 1.54) is 38.4 Å². The van der Waals surface area contributed by atoms with E-state index >= 15 is 0 Å². The normalized spacial score (nSPS) is 11.7. The van der Waals surface area contributed by atoms with Gasteiger partial charge in [-0.25, -0.2) is 17.5 Å². The molecule has 0 saturated carbocycles. The predicted molar refractivity (Wildman–Crippen MR) is 102 cm³/mol. The van der Waals surface area contributed by atoms with E-state index in [2.05, 4.69) is 10.5 Å². The molecule has 0 aliphatic heterocycles. The third-order valence-corrected chi connectivity index (χ3v) is 5.66. The zero-order chi connectivity index (χ0) is 21.1. The molecule has 2 rings (SSSR count). The molecule has 1 amide bonds. The number of rotatable bonds is 7. The number of carbonyl (C=O) groups excluding carboxylic acids is 2. The highest BCUT2D eigenvalue weighted by atomic mass is 32.2. The maximum absolute atomic E-state index is 12.3. The Morgan fingerprint density at radius 2 is 1.96 bits per heavy atom. The van der Waals surface area contributed by atoms with Gasteiger partial charge >= 0.3 is 5.97 Å². The van der Waals surface area contributed by atoms with Crippen LogP contribution in [0.25, 0.3) is 0 Å². The van der Waals surface area contributed by atoms with Gasteiger partial charge in [0.05, 0.1) is 10.6 Å². The van der Waals surface area contributed by atoms with E-state index in [-0.39, 0.29) is 22.1 Å². The highest BCUT2D eigenvalue weighted by Gasteiger charge is 2.24. The van der Waals surface area contributed by atoms with Crippen molar-refractivity contribution < 1.29 is 27.3 Å². The maximum atomic E-state index is 12.3. The third kappa shape index (κ3) is 4.76. The van der Waals surface area contributed by atoms with E-state index in [1.807, 2.05) is 13.8 Å². The van der Waals surface area contributed by atoms with E-state index < -0.39 is 28.5 Å². The number of aryl methyl sites for hydroxylation is 1. The Bertz CT molecular complexity index is 979. The van der Waals surface area contributed by atoms with Gasteiger partial charge in [-0.15, -0.1) is 0 Å². The summed E-state index contributed by atoms with van der Waals surface area (Å²) in [5.74, 6) is -0.988. The average molecular weight is 409 g/mol. The Balaban J connectivity index is 2.04. The second kappa shape index (κ2) is 8.53. The topological polar surface area (TPSA) is 119 Å². The number of benzene rings is 1. The Morgan fingerprint density at radius 1 is 1.29 bits per heavy atom. The Labute approximate surface area is 163 Å². The molecule has 1 aromatic heterocycles. The first-order valence-corrected chi connectivity index (χ1v) is 9.93. The van der Waals surface area contributed by atoms with E-state index in [4.69, 9.17) is 9.26 Å². The number of ether oxygens (including phenoxy) is 1. The SMILES string of the molecule is Cc1noc(C(C)C)c1C(=O)OCC(=O)Nc1cccc(S(=O)(=O)N(C)C)c1. The highest BCUT2D eigenvalue weighted by molar-refractivity contribution is 7.89. The fourth-order valence-corrected chi connectivity index (χ4v) is 3.32. The summed E-state index contributed by atoms with van der Waals surface area (Å²) in [6, 6.07) is 5.80. The molecule has 9 nitrogen and oxygen atoms in total. The van der Waals surface area contributed by atoms with Crippen LogP contribution in [0.2, 0.25) is 0 Å². The van der Waals surface area contributed by atoms with Gasteiger partial charge in [-0.2, -0.15) is 0 Å². The number of hydrogen-bond donors (Lipinski definition) is 1. The number of anilines is 1. The average Bonchev–Trinajstić information content (AvgIpc) is 3.01. The van der Waals surface area contributed by atoms with Crippen LogP contribution in [0.4, 0.5) is 5.69 Å². The molecule has 10 heteroatoms. The quantitative estimate of drug-likeness (QED) is 0.696. The van der Waals surface area contributed by atoms with Gasteiger partial charge < -0.3 is 14.6 Å². The van der Waals surface area contributed by atoms with E-state index in [0.29, 0.717) is 11.5 Å². The lowest BCUT2D eigenvalue weighted by Gasteiger charge is -2.13. The zero-order valence-corrected chi connectivity index (χ0v) is 17.2. The van der Waals surface area contributed by atoms with Crippen molar-refractivity contribution in [2.75, 3.05) is 26.0 Å². The molecule has 0 fully saturated rings. The number of nitrogens with one attached hydrogen (secondary N) is 1. The van der Waals surface area contributed by atoms with Crippen LogP contribution < -0.4 is 5.32 Å². The largest absolute Gasteiger partial charge is 0.452 e. The van der Waals surface area contributed by atoms with E-state index in [0.717, 1.165) is 4.31 Å². The van der Waals surface area contributed by atoms with Crippen LogP contribution >= 0.6 is 0 Å². The van der Waals surface area contributed by atoms with Crippen molar-refractivity contribution in [3.8, 4) is 0 Å². The van der Waals surface area contributed by atoms with Crippen LogP contribution in [0, 0.1) is 6.92 Å². The third-order valence-electron chi connectivity index (χ3n) is 3.85. The number of esters is 1. The van der Waals surface area contributed by atoms with Gasteiger partial charge in [-0.3, -0.25) is 4.79 Å². The number of hydrogen-bond acceptors (Lipinski definition) is 7. The minimum Gasteiger partial charge on any atom is -0.452 e. The van der Waals surface area contributed by atoms with Crippen molar-refractivity contribution in [3.05, 3.63) is 41.3 Å². The van der Waals surface area contributed by atoms with Crippen LogP contribution in [-0.4, -0.2) is 50.5 Å². The number of nitrogens with zero attached hydrogens (tertiary/aromatic N) is 2. The molecule has 2 aromatic rings. The minimum absolute atomic E-state index is 0.0361. The fraction of sp³-hybridized carbons (Fsp3) is 0.389. The summed E-state index contributed by atoms with van der Waals surface area (Å²) in [6.45, 7) is 4.77. The molecule has 1 heterocycles. The zero-order valence-electron chi connectivity index (χ0n) is 16.3. The van der Waals surface area contributed by atoms with Crippen molar-refractivity contribution in [1.82, 2.24) is 9.46 Å². The molecule has 0 unspecified atom stereocenters. The van der Waals surface area contributed by atoms with E-state index in [9.17, 15) is 18.0 Å². The molecule has 0 atom stereocenters. The molecular formula is C18H23N3O6S. The van der Waals surface area contributed by atoms with Gasteiger partial charge in [0.25, 0.3) is 5.91 Å². The van der Waals surface area contributed by atoms with Gasteiger partial charge in [-0.1, -0.05) is 25.1 Å². The number of carbonyl (C=O) groups is 2. The molecular weight excluding hydrogens is 386 g/mol. The van der Waals surface area contributed by atoms with Crippen LogP contribution in [-0.2, 0) is 19.6 Å². The first kappa shape index (κ1) is 21.6. The molecule has 0 spiro atoms. The van der Waals surface area contributed by atoms with Crippen molar-refractivity contribution >= 4 is 27.6 Å². The van der Waals surface area contributed by atoms with Gasteiger partial charge in [-0.05, 0) is 25.1 Å². The minimum atomic E-state index is -3.63. The van der Waals surface area contributed by atoms with Gasteiger partial charge in [0.2, 0.25) is 10.0 Å². The highest BCUT2D eigenvalue weighted by Crippen LogP contribution is 2.23. The first-order valence-electron chi connectivity index (χ1n) is 8.49. The summed E-state index contributed by atoms with van der Waals surface area (Å²) in [5.41, 5.74) is 0.866. The summed E-state index contributed by atoms with van der Waals surface area (Å²) in [6.07, 6.45) is 0. The predicted octanol–water partition coefficient (Wildman–Crippen LogP) is 2.15. The Hall–Kier alpha value is -2.72. The van der Waals surface area contributed by atoms with Crippen molar-refractivity contribution in [2.24, 2.45) is 0 Å². The molecule has 0 aliphatic rings. The second-order valence-corrected chi connectivity index (χ2v) is 8.75. The van der Waals surface area contributed by atoms with Crippen LogP contribution in [0.15, 0.2) is 33.7 Å². The number of aromatic nitrogens is 1. The van der Waals surface area contributed by atoms with Crippen molar-refractivity contribution in [2.45, 2.75) is 31.6 Å². The maximum Gasteiger partial charge on any atom is 0.344 e. The standard InChI is InChI=1S/C18H23N3O6S/c1-11(2)17-16(12(3)20-27-17)18(23)26-10-15(22)19-13-7-6-8-14(9-13)28(24,25)21(4)5/h6-9,11H,10H2,1-5H3,(H,19,22). The summed E-state index contributed by atoms with van der Waals surface area (Å²) in [4.78, 5) is 24.4. The molecule has 28 heavy (non-hydrogen) atoms. The number of amides is 1. The molecule has 1 aromatic carbocycles. The van der Waals surface area contributed by atoms with Crippen LogP contribution in [0.1, 0.15) is 41.6 Å². The monoisotopic (exact) mass is 409 g/mol. The lowest BCUT2D eigenvalue weighted by atomic mass is 10.1. The Morgan fingerprint density at radius 3 is 2.57 bits per heavy atom.